The molecular formula is C67H75BI5N8O10V3-. The molecule has 3 saturated heterocycles. The Morgan fingerprint density at radius 1 is 0.543 bits per heavy atom. The Morgan fingerprint density at radius 2 is 0.915 bits per heavy atom. The summed E-state index contributed by atoms with van der Waals surface area (Å²) in [5.41, 5.74) is 12.4. The predicted octanol–water partition coefficient (Wildman–Crippen LogP) is 13.0. The van der Waals surface area contributed by atoms with Crippen LogP contribution in [0.1, 0.15) is 95.3 Å². The molecule has 497 valence electrons. The van der Waals surface area contributed by atoms with Crippen molar-refractivity contribution in [2.45, 2.75) is 102 Å². The fourth-order valence-electron chi connectivity index (χ4n) is 10.7. The zero-order valence-electron chi connectivity index (χ0n) is 52.4. The number of carbonyl (C=O) groups is 9. The number of anilines is 4. The van der Waals surface area contributed by atoms with Gasteiger partial charge in [0, 0.05) is 93.3 Å². The number of nitrogens with one attached hydrogen (secondary N) is 4. The molecule has 4 radical (unpaired) electrons. The zero-order chi connectivity index (χ0) is 66.0. The largest absolute Gasteiger partial charge is 0 e. The Hall–Kier alpha value is -3.98. The molecular weight excluding hydrogens is 1870 g/mol. The van der Waals surface area contributed by atoms with Gasteiger partial charge in [0.25, 0.3) is 5.91 Å². The van der Waals surface area contributed by atoms with E-state index < -0.39 is 30.3 Å². The van der Waals surface area contributed by atoms with Crippen LogP contribution in [0.5, 0.6) is 0 Å². The minimum Gasteiger partial charge on any atom is 0 e. The molecule has 6 aromatic rings. The molecule has 0 unspecified atom stereocenters. The van der Waals surface area contributed by atoms with Gasteiger partial charge >= 0.3 is 120 Å². The molecule has 7 amide bonds. The summed E-state index contributed by atoms with van der Waals surface area (Å²) in [6.45, 7) is 5.23. The predicted molar refractivity (Wildman–Crippen MR) is 403 cm³/mol. The number of Topliss-reactive ketones (excluding diaryl/α,β-unsaturated/α-hetero) is 2. The number of alkyl carbamates (subject to hydrolysis) is 1. The van der Waals surface area contributed by atoms with Gasteiger partial charge in [0.1, 0.15) is 18.1 Å². The van der Waals surface area contributed by atoms with Crippen molar-refractivity contribution in [3.63, 3.8) is 0 Å². The van der Waals surface area contributed by atoms with E-state index in [0.29, 0.717) is 88.7 Å². The van der Waals surface area contributed by atoms with Crippen molar-refractivity contribution >= 4 is 184 Å². The molecule has 0 aliphatic carbocycles. The summed E-state index contributed by atoms with van der Waals surface area (Å²) in [5.74, 6) is -1.44. The number of hydrogen-bond acceptors (Lipinski definition) is 11. The van der Waals surface area contributed by atoms with E-state index in [9.17, 15) is 43.2 Å². The van der Waals surface area contributed by atoms with Gasteiger partial charge < -0.3 is 53.9 Å². The first-order chi connectivity index (χ1) is 43.7. The second kappa shape index (κ2) is 44.1. The minimum absolute atomic E-state index is 0. The van der Waals surface area contributed by atoms with E-state index in [4.69, 9.17) is 5.73 Å². The van der Waals surface area contributed by atoms with Crippen molar-refractivity contribution in [3.05, 3.63) is 199 Å². The first kappa shape index (κ1) is 84.2. The first-order valence-corrected chi connectivity index (χ1v) is 51.8. The smallest absolute Gasteiger partial charge is 0 e. The van der Waals surface area contributed by atoms with Gasteiger partial charge in [0.15, 0.2) is 11.6 Å². The van der Waals surface area contributed by atoms with Gasteiger partial charge in [0.2, 0.25) is 29.5 Å². The molecule has 18 nitrogen and oxygen atoms in total. The standard InChI is InChI=1S/C40H46N4O7.C26H26N4O3.CH3.B.5HI.3V/c1-26(2)37(42-40(50)51-3)39(49)44-22-7-11-32(44)35(46)24-28-13-17-30(18-14-28)34(45)23-29-15-19-31(20-16-29)41-38(48)33-12-8-21-43(33)36(47)25-27-9-5-4-6-10-27;27-20-10-8-19(9-11-20)25(32)28-21-12-14-22(15-13-21)29-26(33)23-7-4-16-30(23)24(31)17-18-5-2-1-3-6-18;;;;;;;;;;/h4-6,9-10,13-20,26,32-33,37H,7-8,11-12,21-25H2,1-3H3,(H,41,48)(H,42,50);1-3,5-6,8-15,23H,4,7,16-17,27H2,(H,28,32)(H,29,33);1H3;;5*1H;;;/q;;-1;;;;;;;;+2;+3/p-5/t32-,33-,37-;23-;;;;;;;;;;/m00........../s1. The topological polar surface area (TPSA) is 247 Å². The normalized spacial score (nSPS) is 15.4. The summed E-state index contributed by atoms with van der Waals surface area (Å²) in [7, 11) is 1.87. The Bertz CT molecular complexity index is 3410. The summed E-state index contributed by atoms with van der Waals surface area (Å²) < 4.78 is 4.68. The fourth-order valence-corrected chi connectivity index (χ4v) is 10.7. The summed E-state index contributed by atoms with van der Waals surface area (Å²) >= 11 is 12.1. The summed E-state index contributed by atoms with van der Waals surface area (Å²) in [5, 5.41) is 11.2. The maximum absolute atomic E-state index is 13.3. The number of rotatable bonds is 19. The summed E-state index contributed by atoms with van der Waals surface area (Å²) in [6, 6.07) is 44.3. The van der Waals surface area contributed by atoms with Gasteiger partial charge in [-0.25, -0.2) is 4.79 Å². The van der Waals surface area contributed by atoms with Gasteiger partial charge in [-0.2, -0.15) is 0 Å². The van der Waals surface area contributed by atoms with Crippen molar-refractivity contribution in [1.29, 1.82) is 0 Å². The number of nitrogens with zero attached hydrogens (tertiary/aromatic N) is 3. The number of nitrogens with two attached hydrogens (primary N) is 1. The Balaban J connectivity index is 0.000000462. The van der Waals surface area contributed by atoms with E-state index >= 15 is 0 Å². The number of ether oxygens (including phenoxy) is 1. The fraction of sp³-hybridized carbons (Fsp3) is 0.313. The molecule has 6 aromatic carbocycles. The second-order valence-electron chi connectivity index (χ2n) is 21.9. The summed E-state index contributed by atoms with van der Waals surface area (Å²) in [6.07, 6.45) is 4.20. The van der Waals surface area contributed by atoms with Crippen molar-refractivity contribution in [3.8, 4) is 0 Å². The second-order valence-corrected chi connectivity index (χ2v) is 69.0. The van der Waals surface area contributed by atoms with Crippen molar-refractivity contribution in [2.75, 3.05) is 48.4 Å². The SMILES string of the molecule is COC(=O)N[C@H](C(=O)N1CCC[C@H]1C(=O)Cc1ccc(C(=O)Cc2ccc(NC(=O)[C@@H]3CCCN3C(=O)Cc3ccccc3)cc2)cc1)C(C)C.Nc1ccc(C(=O)Nc2ccc(NC(=O)[C@@H]3CCCN3C(=O)Cc3ccccc3)cc2)cc1.[B].[CH3-].[I][V]([I])[I].[I][V][I].[V]. The van der Waals surface area contributed by atoms with Crippen LogP contribution in [-0.2, 0) is 92.1 Å². The molecule has 0 spiro atoms. The third kappa shape index (κ3) is 27.4. The third-order valence-corrected chi connectivity index (χ3v) is 15.3. The Morgan fingerprint density at radius 3 is 1.35 bits per heavy atom. The van der Waals surface area contributed by atoms with E-state index in [1.165, 1.54) is 7.11 Å². The molecule has 3 aliphatic heterocycles. The zero-order valence-corrected chi connectivity index (χ0v) is 67.4. The average Bonchev–Trinajstić information content (AvgIpc) is 1.62. The minimum atomic E-state index is -0.795. The number of hydrogen-bond donors (Lipinski definition) is 5. The number of methoxy groups -OCH3 is 1. The Kier molecular flexibility index (Phi) is 39.5. The molecule has 0 aromatic heterocycles. The quantitative estimate of drug-likeness (QED) is 0.0168. The maximum atomic E-state index is 13.3. The van der Waals surface area contributed by atoms with Crippen LogP contribution in [0.2, 0.25) is 0 Å². The number of amides is 7. The average molecular weight is 1950 g/mol. The van der Waals surface area contributed by atoms with Crippen LogP contribution in [-0.4, -0.2) is 127 Å². The van der Waals surface area contributed by atoms with E-state index in [-0.39, 0.29) is 118 Å². The molecule has 94 heavy (non-hydrogen) atoms. The molecule has 0 bridgehead atoms. The van der Waals surface area contributed by atoms with Crippen LogP contribution in [0, 0.1) is 13.3 Å². The van der Waals surface area contributed by atoms with E-state index in [1.807, 2.05) is 74.5 Å². The van der Waals surface area contributed by atoms with Gasteiger partial charge in [-0.05, 0) is 127 Å². The van der Waals surface area contributed by atoms with Gasteiger partial charge in [-0.1, -0.05) is 111 Å². The van der Waals surface area contributed by atoms with Crippen LogP contribution in [0.4, 0.5) is 27.5 Å². The monoisotopic (exact) mass is 1950 g/mol. The number of benzene rings is 6. The Labute approximate surface area is 632 Å². The van der Waals surface area contributed by atoms with Gasteiger partial charge in [0.05, 0.1) is 26.0 Å². The van der Waals surface area contributed by atoms with E-state index in [1.54, 1.807) is 112 Å². The summed E-state index contributed by atoms with van der Waals surface area (Å²) in [4.78, 5) is 120. The van der Waals surface area contributed by atoms with Crippen LogP contribution in [0.15, 0.2) is 158 Å². The number of carbonyl (C=O) groups excluding carboxylic acids is 9. The number of halogens is 5. The van der Waals surface area contributed by atoms with E-state index in [0.717, 1.165) is 35.1 Å². The van der Waals surface area contributed by atoms with Crippen LogP contribution in [0.3, 0.4) is 0 Å². The third-order valence-electron chi connectivity index (χ3n) is 15.3. The van der Waals surface area contributed by atoms with Crippen molar-refractivity contribution < 1.29 is 80.8 Å². The molecule has 4 atom stereocenters. The number of likely N-dealkylation sites (tertiary alicyclic amines) is 3. The molecule has 27 heteroatoms. The van der Waals surface area contributed by atoms with Gasteiger partial charge in [-0.15, -0.1) is 0 Å². The maximum Gasteiger partial charge on any atom is 0 e. The van der Waals surface area contributed by atoms with Gasteiger partial charge in [-0.3, -0.25) is 38.4 Å². The van der Waals surface area contributed by atoms with E-state index in [2.05, 4.69) is 126 Å². The van der Waals surface area contributed by atoms with Crippen molar-refractivity contribution in [2.24, 2.45) is 5.92 Å². The molecule has 0 saturated carbocycles. The molecule has 3 aliphatic rings. The van der Waals surface area contributed by atoms with Crippen LogP contribution < -0.4 is 27.0 Å². The molecule has 3 heterocycles. The first-order valence-electron chi connectivity index (χ1n) is 29.3. The number of nitrogen functional groups attached to an aromatic ring is 1. The van der Waals surface area contributed by atoms with Crippen molar-refractivity contribution in [1.82, 2.24) is 20.0 Å². The molecule has 3 fully saturated rings. The number of ketones is 2. The molecule has 9 rings (SSSR count). The van der Waals surface area contributed by atoms with Crippen LogP contribution >= 0.6 is 99.9 Å². The molecule has 6 N–H and O–H groups in total. The van der Waals surface area contributed by atoms with Crippen LogP contribution in [0.25, 0.3) is 0 Å².